The highest BCUT2D eigenvalue weighted by Gasteiger charge is 2.15. The molecule has 118 valence electrons. The van der Waals surface area contributed by atoms with Gasteiger partial charge in [0.2, 0.25) is 5.91 Å². The van der Waals surface area contributed by atoms with E-state index in [0.29, 0.717) is 19.6 Å². The quantitative estimate of drug-likeness (QED) is 0.505. The number of hydrogen-bond acceptors (Lipinski definition) is 4. The van der Waals surface area contributed by atoms with E-state index in [9.17, 15) is 9.59 Å². The smallest absolute Gasteiger partial charge is 0.431 e. The van der Waals surface area contributed by atoms with E-state index >= 15 is 0 Å². The molecule has 0 radical (unpaired) electrons. The molecule has 0 atom stereocenters. The van der Waals surface area contributed by atoms with Gasteiger partial charge in [-0.15, -0.1) is 0 Å². The van der Waals surface area contributed by atoms with Gasteiger partial charge in [-0.3, -0.25) is 9.63 Å². The summed E-state index contributed by atoms with van der Waals surface area (Å²) in [5, 5.41) is 2.84. The molecule has 0 saturated carbocycles. The number of carbonyl (C=O) groups is 2. The lowest BCUT2D eigenvalue weighted by Gasteiger charge is -2.19. The van der Waals surface area contributed by atoms with Crippen molar-refractivity contribution in [1.82, 2.24) is 10.8 Å². The molecule has 0 aromatic carbocycles. The number of nitrogens with one attached hydrogen (secondary N) is 2. The fourth-order valence-corrected chi connectivity index (χ4v) is 1.36. The van der Waals surface area contributed by atoms with E-state index in [4.69, 9.17) is 9.57 Å². The van der Waals surface area contributed by atoms with E-state index in [1.54, 1.807) is 20.8 Å². The second kappa shape index (κ2) is 10.5. The highest BCUT2D eigenvalue weighted by molar-refractivity contribution is 5.75. The van der Waals surface area contributed by atoms with Crippen molar-refractivity contribution in [1.29, 1.82) is 0 Å². The summed E-state index contributed by atoms with van der Waals surface area (Å²) >= 11 is 0. The lowest BCUT2D eigenvalue weighted by molar-refractivity contribution is -0.121. The Morgan fingerprint density at radius 1 is 1.10 bits per heavy atom. The van der Waals surface area contributed by atoms with Crippen molar-refractivity contribution in [2.45, 2.75) is 65.4 Å². The van der Waals surface area contributed by atoms with Gasteiger partial charge >= 0.3 is 6.09 Å². The Labute approximate surface area is 121 Å². The summed E-state index contributed by atoms with van der Waals surface area (Å²) < 4.78 is 5.00. The first-order valence-corrected chi connectivity index (χ1v) is 7.22. The zero-order valence-electron chi connectivity index (χ0n) is 13.1. The third-order valence-corrected chi connectivity index (χ3v) is 2.31. The molecule has 0 aliphatic heterocycles. The van der Waals surface area contributed by atoms with Crippen LogP contribution in [0.1, 0.15) is 59.8 Å². The van der Waals surface area contributed by atoms with Gasteiger partial charge in [-0.25, -0.2) is 4.79 Å². The maximum absolute atomic E-state index is 11.3. The van der Waals surface area contributed by atoms with Gasteiger partial charge in [0.25, 0.3) is 0 Å². The van der Waals surface area contributed by atoms with Crippen LogP contribution in [-0.2, 0) is 14.4 Å². The first-order chi connectivity index (χ1) is 9.35. The average Bonchev–Trinajstić information content (AvgIpc) is 2.33. The molecule has 0 unspecified atom stereocenters. The molecular weight excluding hydrogens is 260 g/mol. The Morgan fingerprint density at radius 2 is 1.80 bits per heavy atom. The number of carbonyl (C=O) groups excluding carboxylic acids is 2. The molecule has 0 aromatic rings. The van der Waals surface area contributed by atoms with Gasteiger partial charge in [0.1, 0.15) is 5.60 Å². The van der Waals surface area contributed by atoms with Crippen molar-refractivity contribution in [3.8, 4) is 0 Å². The highest BCUT2D eigenvalue weighted by atomic mass is 16.7. The van der Waals surface area contributed by atoms with Gasteiger partial charge < -0.3 is 10.1 Å². The number of ether oxygens (including phenoxy) is 1. The Balaban J connectivity index is 3.37. The zero-order valence-corrected chi connectivity index (χ0v) is 13.1. The molecule has 0 rings (SSSR count). The number of rotatable bonds is 9. The maximum atomic E-state index is 11.3. The largest absolute Gasteiger partial charge is 0.442 e. The van der Waals surface area contributed by atoms with E-state index in [1.807, 2.05) is 0 Å². The van der Waals surface area contributed by atoms with Crippen molar-refractivity contribution in [3.63, 3.8) is 0 Å². The Morgan fingerprint density at radius 3 is 2.40 bits per heavy atom. The molecule has 2 N–H and O–H groups in total. The van der Waals surface area contributed by atoms with Gasteiger partial charge in [0.15, 0.2) is 0 Å². The summed E-state index contributed by atoms with van der Waals surface area (Å²) in [6.07, 6.45) is 3.52. The number of amides is 2. The first kappa shape index (κ1) is 18.7. The predicted octanol–water partition coefficient (Wildman–Crippen LogP) is 2.53. The number of unbranched alkanes of at least 4 members (excludes halogenated alkanes) is 2. The summed E-state index contributed by atoms with van der Waals surface area (Å²) in [5.74, 6) is 0.0969. The van der Waals surface area contributed by atoms with Crippen molar-refractivity contribution in [2.24, 2.45) is 0 Å². The fraction of sp³-hybridized carbons (Fsp3) is 0.857. The van der Waals surface area contributed by atoms with Crippen molar-refractivity contribution in [2.75, 3.05) is 13.2 Å². The first-order valence-electron chi connectivity index (χ1n) is 7.22. The van der Waals surface area contributed by atoms with Crippen molar-refractivity contribution >= 4 is 12.0 Å². The summed E-state index contributed by atoms with van der Waals surface area (Å²) in [6.45, 7) is 8.44. The predicted molar refractivity (Wildman–Crippen MR) is 77.1 cm³/mol. The van der Waals surface area contributed by atoms with Gasteiger partial charge in [-0.1, -0.05) is 13.3 Å². The third kappa shape index (κ3) is 13.1. The second-order valence-corrected chi connectivity index (χ2v) is 5.61. The lowest BCUT2D eigenvalue weighted by Crippen LogP contribution is -2.32. The lowest BCUT2D eigenvalue weighted by atomic mass is 10.2. The van der Waals surface area contributed by atoms with Crippen molar-refractivity contribution < 1.29 is 19.2 Å². The van der Waals surface area contributed by atoms with Crippen LogP contribution in [0.25, 0.3) is 0 Å². The molecule has 0 spiro atoms. The second-order valence-electron chi connectivity index (χ2n) is 5.61. The minimum Gasteiger partial charge on any atom is -0.442 e. The molecule has 0 fully saturated rings. The molecule has 2 amide bonds. The van der Waals surface area contributed by atoms with E-state index in [1.165, 1.54) is 0 Å². The van der Waals surface area contributed by atoms with E-state index in [-0.39, 0.29) is 5.91 Å². The number of hydrogen-bond donors (Lipinski definition) is 2. The number of hydroxylamine groups is 1. The van der Waals surface area contributed by atoms with E-state index < -0.39 is 11.7 Å². The van der Waals surface area contributed by atoms with E-state index in [2.05, 4.69) is 17.7 Å². The van der Waals surface area contributed by atoms with Crippen LogP contribution in [0.3, 0.4) is 0 Å². The van der Waals surface area contributed by atoms with Crippen LogP contribution in [0.15, 0.2) is 0 Å². The normalized spacial score (nSPS) is 11.0. The molecule has 0 heterocycles. The van der Waals surface area contributed by atoms with Gasteiger partial charge in [-0.05, 0) is 40.0 Å². The monoisotopic (exact) mass is 288 g/mol. The third-order valence-electron chi connectivity index (χ3n) is 2.31. The summed E-state index contributed by atoms with van der Waals surface area (Å²) in [6, 6.07) is 0. The van der Waals surface area contributed by atoms with Crippen LogP contribution in [-0.4, -0.2) is 30.8 Å². The van der Waals surface area contributed by atoms with Gasteiger partial charge in [-0.2, -0.15) is 5.48 Å². The zero-order chi connectivity index (χ0) is 15.4. The SMILES string of the molecule is CCCCC(=O)NCCCCONC(=O)OC(C)(C)C. The summed E-state index contributed by atoms with van der Waals surface area (Å²) in [4.78, 5) is 27.5. The maximum Gasteiger partial charge on any atom is 0.431 e. The van der Waals surface area contributed by atoms with Crippen LogP contribution < -0.4 is 10.8 Å². The molecule has 6 nitrogen and oxygen atoms in total. The van der Waals surface area contributed by atoms with Gasteiger partial charge in [0.05, 0.1) is 6.61 Å². The Hall–Kier alpha value is -1.30. The van der Waals surface area contributed by atoms with Crippen LogP contribution in [0.2, 0.25) is 0 Å². The highest BCUT2D eigenvalue weighted by Crippen LogP contribution is 2.06. The minimum absolute atomic E-state index is 0.0969. The molecule has 0 aliphatic rings. The van der Waals surface area contributed by atoms with Crippen LogP contribution in [0, 0.1) is 0 Å². The molecule has 0 aromatic heterocycles. The molecule has 0 bridgehead atoms. The molecule has 20 heavy (non-hydrogen) atoms. The van der Waals surface area contributed by atoms with Crippen molar-refractivity contribution in [3.05, 3.63) is 0 Å². The topological polar surface area (TPSA) is 76.7 Å². The van der Waals surface area contributed by atoms with E-state index in [0.717, 1.165) is 25.7 Å². The minimum atomic E-state index is -0.592. The average molecular weight is 288 g/mol. The molecule has 6 heteroatoms. The Kier molecular flexibility index (Phi) is 9.80. The summed E-state index contributed by atoms with van der Waals surface area (Å²) in [5.41, 5.74) is 1.69. The summed E-state index contributed by atoms with van der Waals surface area (Å²) in [7, 11) is 0. The van der Waals surface area contributed by atoms with Crippen LogP contribution in [0.5, 0.6) is 0 Å². The molecular formula is C14H28N2O4. The van der Waals surface area contributed by atoms with Gasteiger partial charge in [0, 0.05) is 13.0 Å². The van der Waals surface area contributed by atoms with Crippen LogP contribution >= 0.6 is 0 Å². The molecule has 0 aliphatic carbocycles. The van der Waals surface area contributed by atoms with Crippen LogP contribution in [0.4, 0.5) is 4.79 Å². The standard InChI is InChI=1S/C14H28N2O4/c1-5-6-9-12(17)15-10-7-8-11-19-16-13(18)20-14(2,3)4/h5-11H2,1-4H3,(H,15,17)(H,16,18). The molecule has 0 saturated heterocycles. The fourth-order valence-electron chi connectivity index (χ4n) is 1.36. The Bertz CT molecular complexity index is 287.